The summed E-state index contributed by atoms with van der Waals surface area (Å²) in [6, 6.07) is 6.03. The largest absolute Gasteiger partial charge is 0.503 e. The van der Waals surface area contributed by atoms with Crippen LogP contribution in [0, 0.1) is 11.3 Å². The lowest BCUT2D eigenvalue weighted by Crippen LogP contribution is -1.95. The summed E-state index contributed by atoms with van der Waals surface area (Å²) in [5.74, 6) is -1.28. The van der Waals surface area contributed by atoms with Crippen molar-refractivity contribution in [1.82, 2.24) is 10.2 Å². The third kappa shape index (κ3) is 2.19. The number of aromatic amines is 1. The highest BCUT2D eigenvalue weighted by atomic mass is 16.5. The van der Waals surface area contributed by atoms with E-state index in [1.807, 2.05) is 6.07 Å². The zero-order valence-electron chi connectivity index (χ0n) is 9.84. The molecule has 0 amide bonds. The minimum atomic E-state index is -1.13. The van der Waals surface area contributed by atoms with Crippen molar-refractivity contribution >= 4 is 5.97 Å². The van der Waals surface area contributed by atoms with Gasteiger partial charge in [0.05, 0.1) is 18.4 Å². The first-order chi connectivity index (χ1) is 9.06. The molecule has 0 saturated carbocycles. The number of nitriles is 1. The standard InChI is InChI=1S/C12H9N3O4/c1-19-10-3-6(2-7(5-13)11(10)16)8-4-9(12(17)18)15-14-8/h2-4,16H,1H3,(H,14,15)(H,17,18). The second-order valence-corrected chi connectivity index (χ2v) is 3.66. The molecule has 0 aliphatic rings. The Bertz CT molecular complexity index is 685. The molecule has 0 aliphatic carbocycles. The van der Waals surface area contributed by atoms with Gasteiger partial charge in [0.15, 0.2) is 11.5 Å². The molecule has 0 spiro atoms. The van der Waals surface area contributed by atoms with E-state index in [9.17, 15) is 9.90 Å². The highest BCUT2D eigenvalue weighted by molar-refractivity contribution is 5.87. The molecule has 0 unspecified atom stereocenters. The van der Waals surface area contributed by atoms with Crippen molar-refractivity contribution in [1.29, 1.82) is 5.26 Å². The average Bonchev–Trinajstić information content (AvgIpc) is 2.89. The van der Waals surface area contributed by atoms with Gasteiger partial charge >= 0.3 is 5.97 Å². The summed E-state index contributed by atoms with van der Waals surface area (Å²) in [4.78, 5) is 10.8. The number of methoxy groups -OCH3 is 1. The second-order valence-electron chi connectivity index (χ2n) is 3.66. The molecule has 1 heterocycles. The Kier molecular flexibility index (Phi) is 3.08. The van der Waals surface area contributed by atoms with E-state index in [0.717, 1.165) is 0 Å². The van der Waals surface area contributed by atoms with E-state index in [1.165, 1.54) is 25.3 Å². The first-order valence-electron chi connectivity index (χ1n) is 5.17. The number of carboxylic acid groups (broad SMARTS) is 1. The van der Waals surface area contributed by atoms with Gasteiger partial charge in [0.25, 0.3) is 0 Å². The number of H-pyrrole nitrogens is 1. The number of benzene rings is 1. The Balaban J connectivity index is 2.56. The summed E-state index contributed by atoms with van der Waals surface area (Å²) in [6.07, 6.45) is 0. The lowest BCUT2D eigenvalue weighted by molar-refractivity contribution is 0.0690. The number of nitrogens with one attached hydrogen (secondary N) is 1. The maximum Gasteiger partial charge on any atom is 0.353 e. The number of nitrogens with zero attached hydrogens (tertiary/aromatic N) is 2. The van der Waals surface area contributed by atoms with Gasteiger partial charge in [0, 0.05) is 5.56 Å². The molecule has 7 heteroatoms. The Morgan fingerprint density at radius 1 is 1.47 bits per heavy atom. The number of hydrogen-bond donors (Lipinski definition) is 3. The molecule has 0 aliphatic heterocycles. The van der Waals surface area contributed by atoms with Crippen LogP contribution >= 0.6 is 0 Å². The first-order valence-corrected chi connectivity index (χ1v) is 5.17. The molecule has 0 saturated heterocycles. The second kappa shape index (κ2) is 4.70. The van der Waals surface area contributed by atoms with Crippen molar-refractivity contribution < 1.29 is 19.7 Å². The summed E-state index contributed by atoms with van der Waals surface area (Å²) in [5.41, 5.74) is 0.761. The van der Waals surface area contributed by atoms with Gasteiger partial charge in [-0.15, -0.1) is 0 Å². The van der Waals surface area contributed by atoms with Crippen molar-refractivity contribution in [2.45, 2.75) is 0 Å². The number of carboxylic acids is 1. The van der Waals surface area contributed by atoms with Gasteiger partial charge < -0.3 is 14.9 Å². The number of aromatic hydroxyl groups is 1. The summed E-state index contributed by atoms with van der Waals surface area (Å²) in [6.45, 7) is 0. The Morgan fingerprint density at radius 2 is 2.21 bits per heavy atom. The fraction of sp³-hybridized carbons (Fsp3) is 0.0833. The van der Waals surface area contributed by atoms with Crippen LogP contribution in [0.4, 0.5) is 0 Å². The van der Waals surface area contributed by atoms with Gasteiger partial charge in [0.1, 0.15) is 11.8 Å². The lowest BCUT2D eigenvalue weighted by Gasteiger charge is -2.06. The van der Waals surface area contributed by atoms with Crippen molar-refractivity contribution in [2.24, 2.45) is 0 Å². The van der Waals surface area contributed by atoms with Crippen molar-refractivity contribution in [3.8, 4) is 28.8 Å². The van der Waals surface area contributed by atoms with E-state index in [1.54, 1.807) is 0 Å². The van der Waals surface area contributed by atoms with Crippen molar-refractivity contribution in [3.63, 3.8) is 0 Å². The Hall–Kier alpha value is -3.01. The minimum Gasteiger partial charge on any atom is -0.503 e. The van der Waals surface area contributed by atoms with Crippen LogP contribution in [-0.2, 0) is 0 Å². The predicted molar refractivity (Wildman–Crippen MR) is 63.9 cm³/mol. The zero-order chi connectivity index (χ0) is 14.0. The third-order valence-electron chi connectivity index (χ3n) is 2.52. The van der Waals surface area contributed by atoms with Gasteiger partial charge in [-0.3, -0.25) is 5.10 Å². The Labute approximate surface area is 107 Å². The van der Waals surface area contributed by atoms with E-state index in [0.29, 0.717) is 11.3 Å². The summed E-state index contributed by atoms with van der Waals surface area (Å²) in [5, 5.41) is 33.6. The highest BCUT2D eigenvalue weighted by Gasteiger charge is 2.14. The number of hydrogen-bond acceptors (Lipinski definition) is 5. The van der Waals surface area contributed by atoms with Crippen LogP contribution < -0.4 is 4.74 Å². The molecular formula is C12H9N3O4. The van der Waals surface area contributed by atoms with Crippen LogP contribution in [0.5, 0.6) is 11.5 Å². The van der Waals surface area contributed by atoms with Gasteiger partial charge in [0.2, 0.25) is 0 Å². The monoisotopic (exact) mass is 259 g/mol. The van der Waals surface area contributed by atoms with Crippen LogP contribution in [-0.4, -0.2) is 33.5 Å². The molecule has 1 aromatic carbocycles. The molecule has 96 valence electrons. The number of aromatic nitrogens is 2. The average molecular weight is 259 g/mol. The highest BCUT2D eigenvalue weighted by Crippen LogP contribution is 2.34. The molecule has 2 aromatic rings. The summed E-state index contributed by atoms with van der Waals surface area (Å²) in [7, 11) is 1.35. The third-order valence-corrected chi connectivity index (χ3v) is 2.52. The molecular weight excluding hydrogens is 250 g/mol. The van der Waals surface area contributed by atoms with Gasteiger partial charge in [-0.1, -0.05) is 0 Å². The topological polar surface area (TPSA) is 119 Å². The van der Waals surface area contributed by atoms with E-state index in [-0.39, 0.29) is 22.8 Å². The van der Waals surface area contributed by atoms with Crippen molar-refractivity contribution in [3.05, 3.63) is 29.5 Å². The smallest absolute Gasteiger partial charge is 0.353 e. The normalized spacial score (nSPS) is 9.89. The van der Waals surface area contributed by atoms with E-state index < -0.39 is 5.97 Å². The zero-order valence-corrected chi connectivity index (χ0v) is 9.84. The molecule has 3 N–H and O–H groups in total. The van der Waals surface area contributed by atoms with E-state index in [2.05, 4.69) is 10.2 Å². The molecule has 7 nitrogen and oxygen atoms in total. The van der Waals surface area contributed by atoms with Crippen LogP contribution in [0.25, 0.3) is 11.3 Å². The van der Waals surface area contributed by atoms with Crippen LogP contribution in [0.1, 0.15) is 16.1 Å². The maximum atomic E-state index is 10.8. The van der Waals surface area contributed by atoms with Crippen molar-refractivity contribution in [2.75, 3.05) is 7.11 Å². The number of ether oxygens (including phenoxy) is 1. The molecule has 0 radical (unpaired) electrons. The Morgan fingerprint density at radius 3 is 2.74 bits per heavy atom. The van der Waals surface area contributed by atoms with Gasteiger partial charge in [-0.25, -0.2) is 4.79 Å². The van der Waals surface area contributed by atoms with Gasteiger partial charge in [-0.05, 0) is 18.2 Å². The van der Waals surface area contributed by atoms with E-state index in [4.69, 9.17) is 15.1 Å². The predicted octanol–water partition coefficient (Wildman–Crippen LogP) is 1.36. The van der Waals surface area contributed by atoms with Crippen LogP contribution in [0.3, 0.4) is 0 Å². The first kappa shape index (κ1) is 12.4. The number of aromatic carboxylic acids is 1. The fourth-order valence-corrected chi connectivity index (χ4v) is 1.58. The van der Waals surface area contributed by atoms with Crippen LogP contribution in [0.15, 0.2) is 18.2 Å². The molecule has 0 atom stereocenters. The minimum absolute atomic E-state index is 0.0224. The molecule has 0 bridgehead atoms. The van der Waals surface area contributed by atoms with E-state index >= 15 is 0 Å². The molecule has 1 aromatic heterocycles. The summed E-state index contributed by atoms with van der Waals surface area (Å²) >= 11 is 0. The van der Waals surface area contributed by atoms with Gasteiger partial charge in [-0.2, -0.15) is 10.4 Å². The lowest BCUT2D eigenvalue weighted by atomic mass is 10.1. The molecule has 19 heavy (non-hydrogen) atoms. The maximum absolute atomic E-state index is 10.8. The summed E-state index contributed by atoms with van der Waals surface area (Å²) < 4.78 is 4.95. The number of carbonyl (C=O) groups is 1. The SMILES string of the molecule is COc1cc(-c2cc(C(=O)O)[nH]n2)cc(C#N)c1O. The number of phenols is 1. The molecule has 2 rings (SSSR count). The number of phenolic OH excluding ortho intramolecular Hbond substituents is 1. The fourth-order valence-electron chi connectivity index (χ4n) is 1.58. The molecule has 0 fully saturated rings. The quantitative estimate of drug-likeness (QED) is 0.765. The van der Waals surface area contributed by atoms with Crippen LogP contribution in [0.2, 0.25) is 0 Å². The number of rotatable bonds is 3.